The van der Waals surface area contributed by atoms with Crippen molar-refractivity contribution in [1.82, 2.24) is 9.96 Å². The summed E-state index contributed by atoms with van der Waals surface area (Å²) in [5.41, 5.74) is 4.57. The van der Waals surface area contributed by atoms with E-state index in [1.165, 1.54) is 16.7 Å². The fourth-order valence-electron chi connectivity index (χ4n) is 4.84. The predicted molar refractivity (Wildman–Crippen MR) is 105 cm³/mol. The SMILES string of the molecule is CCN(C(C)C)[C@H](C)CC1=C2c3ccccc3CC[C@@H]2CCN(O)C1=O. The van der Waals surface area contributed by atoms with Crippen molar-refractivity contribution in [3.63, 3.8) is 0 Å². The number of benzene rings is 1. The molecule has 2 aliphatic rings. The van der Waals surface area contributed by atoms with Crippen molar-refractivity contribution in [3.8, 4) is 0 Å². The third-order valence-electron chi connectivity index (χ3n) is 6.08. The molecule has 1 aliphatic heterocycles. The van der Waals surface area contributed by atoms with Crippen molar-refractivity contribution in [2.45, 2.75) is 65.5 Å². The van der Waals surface area contributed by atoms with E-state index in [4.69, 9.17) is 0 Å². The Kier molecular flexibility index (Phi) is 5.83. The van der Waals surface area contributed by atoms with Crippen LogP contribution in [0.25, 0.3) is 5.57 Å². The van der Waals surface area contributed by atoms with Crippen LogP contribution in [0.15, 0.2) is 29.8 Å². The third kappa shape index (κ3) is 3.58. The summed E-state index contributed by atoms with van der Waals surface area (Å²) in [4.78, 5) is 15.4. The molecule has 1 N–H and O–H groups in total. The van der Waals surface area contributed by atoms with Crippen LogP contribution in [-0.2, 0) is 11.2 Å². The minimum atomic E-state index is -0.203. The number of rotatable bonds is 5. The minimum absolute atomic E-state index is 0.203. The van der Waals surface area contributed by atoms with Gasteiger partial charge >= 0.3 is 0 Å². The standard InChI is InChI=1S/C22H32N2O2/c1-5-23(15(2)3)16(4)14-20-21-18(12-13-24(26)22(20)25)11-10-17-8-6-7-9-19(17)21/h6-9,15-16,18,26H,5,10-14H2,1-4H3/t16-,18-/m1/s1. The minimum Gasteiger partial charge on any atom is -0.298 e. The van der Waals surface area contributed by atoms with Gasteiger partial charge in [0.15, 0.2) is 0 Å². The summed E-state index contributed by atoms with van der Waals surface area (Å²) in [5, 5.41) is 11.2. The Balaban J connectivity index is 2.07. The van der Waals surface area contributed by atoms with E-state index in [1.807, 2.05) is 0 Å². The van der Waals surface area contributed by atoms with Gasteiger partial charge in [0, 0.05) is 24.2 Å². The molecule has 1 amide bonds. The van der Waals surface area contributed by atoms with Crippen LogP contribution >= 0.6 is 0 Å². The Morgan fingerprint density at radius 2 is 1.96 bits per heavy atom. The van der Waals surface area contributed by atoms with Crippen LogP contribution in [0.4, 0.5) is 0 Å². The highest BCUT2D eigenvalue weighted by Crippen LogP contribution is 2.42. The summed E-state index contributed by atoms with van der Waals surface area (Å²) in [5.74, 6) is 0.160. The number of allylic oxidation sites excluding steroid dienone is 1. The fraction of sp³-hybridized carbons (Fsp3) is 0.591. The van der Waals surface area contributed by atoms with Crippen LogP contribution in [-0.4, -0.2) is 46.3 Å². The summed E-state index contributed by atoms with van der Waals surface area (Å²) < 4.78 is 0. The average Bonchev–Trinajstić information content (AvgIpc) is 2.74. The Bertz CT molecular complexity index is 695. The van der Waals surface area contributed by atoms with E-state index in [2.05, 4.69) is 56.9 Å². The lowest BCUT2D eigenvalue weighted by atomic mass is 9.75. The van der Waals surface area contributed by atoms with Crippen LogP contribution < -0.4 is 0 Å². The molecule has 0 bridgehead atoms. The van der Waals surface area contributed by atoms with Crippen LogP contribution in [0.5, 0.6) is 0 Å². The second-order valence-electron chi connectivity index (χ2n) is 7.98. The first-order chi connectivity index (χ1) is 12.4. The molecule has 0 fully saturated rings. The summed E-state index contributed by atoms with van der Waals surface area (Å²) in [7, 11) is 0. The van der Waals surface area contributed by atoms with Gasteiger partial charge in [-0.05, 0) is 75.6 Å². The number of carbonyl (C=O) groups is 1. The van der Waals surface area contributed by atoms with Gasteiger partial charge in [-0.2, -0.15) is 0 Å². The van der Waals surface area contributed by atoms with Crippen LogP contribution in [0.1, 0.15) is 58.1 Å². The molecule has 0 unspecified atom stereocenters. The molecular weight excluding hydrogens is 324 g/mol. The lowest BCUT2D eigenvalue weighted by molar-refractivity contribution is -0.160. The van der Waals surface area contributed by atoms with Crippen molar-refractivity contribution in [2.24, 2.45) is 5.92 Å². The highest BCUT2D eigenvalue weighted by molar-refractivity contribution is 6.02. The van der Waals surface area contributed by atoms with Crippen molar-refractivity contribution in [2.75, 3.05) is 13.1 Å². The van der Waals surface area contributed by atoms with Gasteiger partial charge in [-0.3, -0.25) is 14.9 Å². The van der Waals surface area contributed by atoms with E-state index in [-0.39, 0.29) is 11.9 Å². The molecule has 4 heteroatoms. The van der Waals surface area contributed by atoms with Gasteiger partial charge < -0.3 is 0 Å². The Hall–Kier alpha value is -1.65. The fourth-order valence-corrected chi connectivity index (χ4v) is 4.84. The zero-order chi connectivity index (χ0) is 18.8. The number of hydrogen-bond donors (Lipinski definition) is 1. The number of hydroxylamine groups is 2. The first kappa shape index (κ1) is 19.1. The molecule has 142 valence electrons. The summed E-state index contributed by atoms with van der Waals surface area (Å²) >= 11 is 0. The van der Waals surface area contributed by atoms with Gasteiger partial charge in [0.05, 0.1) is 0 Å². The molecule has 0 saturated heterocycles. The number of amides is 1. The topological polar surface area (TPSA) is 43.8 Å². The number of hydrogen-bond acceptors (Lipinski definition) is 3. The normalized spacial score (nSPS) is 21.7. The van der Waals surface area contributed by atoms with E-state index in [9.17, 15) is 10.0 Å². The first-order valence-electron chi connectivity index (χ1n) is 10.0. The highest BCUT2D eigenvalue weighted by Gasteiger charge is 2.35. The smallest absolute Gasteiger partial charge is 0.273 e. The zero-order valence-electron chi connectivity index (χ0n) is 16.5. The van der Waals surface area contributed by atoms with Crippen molar-refractivity contribution >= 4 is 11.5 Å². The molecule has 1 aromatic rings. The second kappa shape index (κ2) is 7.93. The number of carbonyl (C=O) groups excluding carboxylic acids is 1. The molecular formula is C22H32N2O2. The van der Waals surface area contributed by atoms with Crippen molar-refractivity contribution in [1.29, 1.82) is 0 Å². The number of nitrogens with zero attached hydrogens (tertiary/aromatic N) is 2. The van der Waals surface area contributed by atoms with Crippen LogP contribution in [0.3, 0.4) is 0 Å². The highest BCUT2D eigenvalue weighted by atomic mass is 16.5. The second-order valence-corrected chi connectivity index (χ2v) is 7.98. The average molecular weight is 357 g/mol. The van der Waals surface area contributed by atoms with E-state index < -0.39 is 0 Å². The van der Waals surface area contributed by atoms with E-state index in [1.54, 1.807) is 0 Å². The summed E-state index contributed by atoms with van der Waals surface area (Å²) in [6.07, 6.45) is 3.64. The maximum Gasteiger partial charge on any atom is 0.273 e. The van der Waals surface area contributed by atoms with Gasteiger partial charge in [-0.1, -0.05) is 31.2 Å². The van der Waals surface area contributed by atoms with E-state index in [0.717, 1.165) is 36.4 Å². The molecule has 1 aliphatic carbocycles. The molecule has 3 rings (SSSR count). The monoisotopic (exact) mass is 356 g/mol. The first-order valence-corrected chi connectivity index (χ1v) is 10.0. The maximum absolute atomic E-state index is 13.0. The van der Waals surface area contributed by atoms with Gasteiger partial charge in [0.1, 0.15) is 0 Å². The maximum atomic E-state index is 13.0. The lowest BCUT2D eigenvalue weighted by Gasteiger charge is -2.34. The molecule has 0 spiro atoms. The molecule has 4 nitrogen and oxygen atoms in total. The van der Waals surface area contributed by atoms with Gasteiger partial charge in [-0.15, -0.1) is 0 Å². The van der Waals surface area contributed by atoms with Crippen LogP contribution in [0, 0.1) is 5.92 Å². The molecule has 2 atom stereocenters. The third-order valence-corrected chi connectivity index (χ3v) is 6.08. The molecule has 0 aromatic heterocycles. The quantitative estimate of drug-likeness (QED) is 0.807. The Morgan fingerprint density at radius 1 is 1.23 bits per heavy atom. The number of fused-ring (bicyclic) bond motifs is 3. The zero-order valence-corrected chi connectivity index (χ0v) is 16.5. The molecule has 0 saturated carbocycles. The molecule has 26 heavy (non-hydrogen) atoms. The molecule has 1 heterocycles. The van der Waals surface area contributed by atoms with Crippen molar-refractivity contribution < 1.29 is 10.0 Å². The van der Waals surface area contributed by atoms with E-state index >= 15 is 0 Å². The molecule has 0 radical (unpaired) electrons. The summed E-state index contributed by atoms with van der Waals surface area (Å²) in [6, 6.07) is 9.17. The van der Waals surface area contributed by atoms with E-state index in [0.29, 0.717) is 24.9 Å². The Labute approximate surface area is 157 Å². The van der Waals surface area contributed by atoms with Gasteiger partial charge in [0.25, 0.3) is 5.91 Å². The van der Waals surface area contributed by atoms with Gasteiger partial charge in [-0.25, -0.2) is 5.06 Å². The number of aryl methyl sites for hydroxylation is 1. The molecule has 1 aromatic carbocycles. The predicted octanol–water partition coefficient (Wildman–Crippen LogP) is 4.13. The van der Waals surface area contributed by atoms with Crippen molar-refractivity contribution in [3.05, 3.63) is 41.0 Å². The van der Waals surface area contributed by atoms with Crippen LogP contribution in [0.2, 0.25) is 0 Å². The lowest BCUT2D eigenvalue weighted by Crippen LogP contribution is -2.40. The largest absolute Gasteiger partial charge is 0.298 e. The van der Waals surface area contributed by atoms with Gasteiger partial charge in [0.2, 0.25) is 0 Å². The Morgan fingerprint density at radius 3 is 2.65 bits per heavy atom. The summed E-state index contributed by atoms with van der Waals surface area (Å²) in [6.45, 7) is 10.1.